The highest BCUT2D eigenvalue weighted by molar-refractivity contribution is 5.85. The van der Waals surface area contributed by atoms with Gasteiger partial charge in [-0.1, -0.05) is 19.3 Å². The Morgan fingerprint density at radius 1 is 1.18 bits per heavy atom. The Balaban J connectivity index is 0.00000144. The van der Waals surface area contributed by atoms with Crippen molar-refractivity contribution in [3.63, 3.8) is 0 Å². The normalized spacial score (nSPS) is 27.6. The predicted octanol–water partition coefficient (Wildman–Crippen LogP) is 2.33. The molecule has 1 amide bonds. The molecule has 2 aliphatic rings. The first-order valence-electron chi connectivity index (χ1n) is 6.76. The Morgan fingerprint density at radius 2 is 1.82 bits per heavy atom. The van der Waals surface area contributed by atoms with Crippen LogP contribution >= 0.6 is 12.4 Å². The minimum absolute atomic E-state index is 0. The summed E-state index contributed by atoms with van der Waals surface area (Å²) in [4.78, 5) is 14.1. The van der Waals surface area contributed by atoms with Crippen molar-refractivity contribution in [2.24, 2.45) is 11.7 Å². The molecule has 0 aromatic rings. The van der Waals surface area contributed by atoms with E-state index < -0.39 is 0 Å². The fraction of sp³-hybridized carbons (Fsp3) is 0.923. The van der Waals surface area contributed by atoms with E-state index in [2.05, 4.69) is 4.90 Å². The zero-order valence-electron chi connectivity index (χ0n) is 10.7. The lowest BCUT2D eigenvalue weighted by Gasteiger charge is -2.34. The van der Waals surface area contributed by atoms with Gasteiger partial charge in [-0.3, -0.25) is 4.79 Å². The molecule has 2 atom stereocenters. The quantitative estimate of drug-likeness (QED) is 0.828. The number of hydrogen-bond donors (Lipinski definition) is 1. The summed E-state index contributed by atoms with van der Waals surface area (Å²) in [6, 6.07) is 0.169. The molecule has 4 heteroatoms. The number of carbonyl (C=O) groups excluding carboxylic acids is 1. The summed E-state index contributed by atoms with van der Waals surface area (Å²) >= 11 is 0. The Bertz CT molecular complexity index is 252. The van der Waals surface area contributed by atoms with Gasteiger partial charge in [-0.2, -0.15) is 0 Å². The van der Waals surface area contributed by atoms with Gasteiger partial charge in [0.15, 0.2) is 0 Å². The van der Waals surface area contributed by atoms with Gasteiger partial charge in [-0.15, -0.1) is 12.4 Å². The zero-order chi connectivity index (χ0) is 11.5. The molecular formula is C13H25ClN2O. The van der Waals surface area contributed by atoms with Crippen molar-refractivity contribution in [2.45, 2.75) is 64.0 Å². The highest BCUT2D eigenvalue weighted by Crippen LogP contribution is 2.34. The molecule has 1 saturated heterocycles. The standard InChI is InChI=1S/C13H24N2O.ClH/c1-10(14)13(16)15-9-5-8-12(15)11-6-3-2-4-7-11;/h10-12H,2-9,14H2,1H3;1H/t10-,12?;/m0./s1. The summed E-state index contributed by atoms with van der Waals surface area (Å²) in [5.74, 6) is 0.909. The highest BCUT2D eigenvalue weighted by atomic mass is 35.5. The van der Waals surface area contributed by atoms with Crippen LogP contribution in [-0.4, -0.2) is 29.4 Å². The number of nitrogens with zero attached hydrogens (tertiary/aromatic N) is 1. The molecule has 2 fully saturated rings. The number of nitrogens with two attached hydrogens (primary N) is 1. The molecule has 0 radical (unpaired) electrons. The van der Waals surface area contributed by atoms with Crippen LogP contribution in [-0.2, 0) is 4.79 Å². The second kappa shape index (κ2) is 6.60. The molecule has 1 aliphatic carbocycles. The second-order valence-corrected chi connectivity index (χ2v) is 5.43. The summed E-state index contributed by atoms with van der Waals surface area (Å²) in [7, 11) is 0. The van der Waals surface area contributed by atoms with Gasteiger partial charge in [0.05, 0.1) is 6.04 Å². The maximum atomic E-state index is 12.0. The molecule has 0 aromatic heterocycles. The third-order valence-electron chi connectivity index (χ3n) is 4.17. The number of rotatable bonds is 2. The molecule has 1 heterocycles. The topological polar surface area (TPSA) is 46.3 Å². The van der Waals surface area contributed by atoms with Crippen LogP contribution in [0.1, 0.15) is 51.9 Å². The number of halogens is 1. The van der Waals surface area contributed by atoms with E-state index in [-0.39, 0.29) is 24.4 Å². The first-order valence-corrected chi connectivity index (χ1v) is 6.76. The summed E-state index contributed by atoms with van der Waals surface area (Å²) in [5, 5.41) is 0. The lowest BCUT2D eigenvalue weighted by Crippen LogP contribution is -2.47. The van der Waals surface area contributed by atoms with Crippen LogP contribution in [0.4, 0.5) is 0 Å². The average molecular weight is 261 g/mol. The minimum Gasteiger partial charge on any atom is -0.338 e. The molecule has 1 saturated carbocycles. The van der Waals surface area contributed by atoms with Gasteiger partial charge in [0, 0.05) is 12.6 Å². The maximum Gasteiger partial charge on any atom is 0.239 e. The zero-order valence-corrected chi connectivity index (χ0v) is 11.5. The molecule has 2 rings (SSSR count). The van der Waals surface area contributed by atoms with Crippen molar-refractivity contribution in [3.8, 4) is 0 Å². The van der Waals surface area contributed by atoms with E-state index in [1.54, 1.807) is 6.92 Å². The molecular weight excluding hydrogens is 236 g/mol. The Hall–Kier alpha value is -0.280. The number of amides is 1. The lowest BCUT2D eigenvalue weighted by atomic mass is 9.83. The van der Waals surface area contributed by atoms with E-state index in [1.165, 1.54) is 44.9 Å². The van der Waals surface area contributed by atoms with Crippen molar-refractivity contribution in [3.05, 3.63) is 0 Å². The molecule has 3 nitrogen and oxygen atoms in total. The minimum atomic E-state index is -0.329. The fourth-order valence-corrected chi connectivity index (χ4v) is 3.34. The fourth-order valence-electron chi connectivity index (χ4n) is 3.34. The molecule has 17 heavy (non-hydrogen) atoms. The van der Waals surface area contributed by atoms with E-state index in [4.69, 9.17) is 5.73 Å². The van der Waals surface area contributed by atoms with E-state index in [1.807, 2.05) is 0 Å². The van der Waals surface area contributed by atoms with Crippen molar-refractivity contribution in [2.75, 3.05) is 6.54 Å². The summed E-state index contributed by atoms with van der Waals surface area (Å²) in [5.41, 5.74) is 5.72. The Morgan fingerprint density at radius 3 is 2.41 bits per heavy atom. The number of carbonyl (C=O) groups is 1. The van der Waals surface area contributed by atoms with E-state index in [0.29, 0.717) is 6.04 Å². The van der Waals surface area contributed by atoms with E-state index in [0.717, 1.165) is 12.5 Å². The summed E-state index contributed by atoms with van der Waals surface area (Å²) in [6.45, 7) is 2.74. The molecule has 0 aromatic carbocycles. The molecule has 1 unspecified atom stereocenters. The smallest absolute Gasteiger partial charge is 0.239 e. The van der Waals surface area contributed by atoms with Crippen LogP contribution in [0, 0.1) is 5.92 Å². The van der Waals surface area contributed by atoms with Gasteiger partial charge in [-0.05, 0) is 38.5 Å². The van der Waals surface area contributed by atoms with Crippen LogP contribution in [0.25, 0.3) is 0 Å². The van der Waals surface area contributed by atoms with Crippen molar-refractivity contribution < 1.29 is 4.79 Å². The van der Waals surface area contributed by atoms with E-state index in [9.17, 15) is 4.79 Å². The van der Waals surface area contributed by atoms with Gasteiger partial charge in [0.1, 0.15) is 0 Å². The molecule has 1 aliphatic heterocycles. The van der Waals surface area contributed by atoms with Gasteiger partial charge < -0.3 is 10.6 Å². The summed E-state index contributed by atoms with van der Waals surface area (Å²) in [6.07, 6.45) is 9.07. The van der Waals surface area contributed by atoms with Crippen LogP contribution in [0.2, 0.25) is 0 Å². The third-order valence-corrected chi connectivity index (χ3v) is 4.17. The highest BCUT2D eigenvalue weighted by Gasteiger charge is 2.35. The number of hydrogen-bond acceptors (Lipinski definition) is 2. The second-order valence-electron chi connectivity index (χ2n) is 5.43. The van der Waals surface area contributed by atoms with Crippen molar-refractivity contribution >= 4 is 18.3 Å². The lowest BCUT2D eigenvalue weighted by molar-refractivity contribution is -0.134. The van der Waals surface area contributed by atoms with Crippen molar-refractivity contribution in [1.29, 1.82) is 0 Å². The molecule has 0 spiro atoms. The van der Waals surface area contributed by atoms with Gasteiger partial charge in [0.25, 0.3) is 0 Å². The molecule has 2 N–H and O–H groups in total. The SMILES string of the molecule is C[C@H](N)C(=O)N1CCCC1C1CCCCC1.Cl. The predicted molar refractivity (Wildman–Crippen MR) is 72.2 cm³/mol. The first kappa shape index (κ1) is 14.8. The average Bonchev–Trinajstić information content (AvgIpc) is 2.77. The van der Waals surface area contributed by atoms with Gasteiger partial charge >= 0.3 is 0 Å². The monoisotopic (exact) mass is 260 g/mol. The van der Waals surface area contributed by atoms with Crippen LogP contribution in [0.5, 0.6) is 0 Å². The largest absolute Gasteiger partial charge is 0.338 e. The first-order chi connectivity index (χ1) is 7.70. The Kier molecular flexibility index (Phi) is 5.74. The van der Waals surface area contributed by atoms with Crippen LogP contribution < -0.4 is 5.73 Å². The number of likely N-dealkylation sites (tertiary alicyclic amines) is 1. The van der Waals surface area contributed by atoms with Gasteiger partial charge in [0.2, 0.25) is 5.91 Å². The maximum absolute atomic E-state index is 12.0. The Labute approximate surface area is 111 Å². The third kappa shape index (κ3) is 3.35. The van der Waals surface area contributed by atoms with Crippen LogP contribution in [0.3, 0.4) is 0 Å². The van der Waals surface area contributed by atoms with Crippen LogP contribution in [0.15, 0.2) is 0 Å². The van der Waals surface area contributed by atoms with E-state index >= 15 is 0 Å². The molecule has 0 bridgehead atoms. The van der Waals surface area contributed by atoms with Gasteiger partial charge in [-0.25, -0.2) is 0 Å². The van der Waals surface area contributed by atoms with Crippen molar-refractivity contribution in [1.82, 2.24) is 4.90 Å². The molecule has 100 valence electrons. The summed E-state index contributed by atoms with van der Waals surface area (Å²) < 4.78 is 0.